The van der Waals surface area contributed by atoms with E-state index in [1.807, 2.05) is 0 Å². The Kier molecular flexibility index (Phi) is 49.3. The van der Waals surface area contributed by atoms with E-state index in [-0.39, 0.29) is 0 Å². The number of rotatable bonds is 51. The lowest BCUT2D eigenvalue weighted by Gasteiger charge is -2.27. The van der Waals surface area contributed by atoms with Crippen molar-refractivity contribution in [3.05, 3.63) is 12.2 Å². The zero-order valence-corrected chi connectivity index (χ0v) is 41.2. The molecule has 6 heteroatoms. The number of aliphatic hydroxyl groups excluding tert-OH is 4. The highest BCUT2D eigenvalue weighted by molar-refractivity contribution is 5.80. The third kappa shape index (κ3) is 44.1. The lowest BCUT2D eigenvalue weighted by atomic mass is 10.00. The van der Waals surface area contributed by atoms with Gasteiger partial charge in [0.1, 0.15) is 12.2 Å². The number of carbonyl (C=O) groups is 1. The lowest BCUT2D eigenvalue weighted by molar-refractivity contribution is -0.132. The fourth-order valence-corrected chi connectivity index (χ4v) is 8.88. The molecule has 0 aliphatic heterocycles. The minimum Gasteiger partial charge on any atom is -0.394 e. The second-order valence-corrected chi connectivity index (χ2v) is 19.3. The van der Waals surface area contributed by atoms with Gasteiger partial charge in [0.15, 0.2) is 0 Å². The van der Waals surface area contributed by atoms with E-state index in [0.29, 0.717) is 12.8 Å². The Morgan fingerprint density at radius 2 is 0.672 bits per heavy atom. The number of allylic oxidation sites excluding steroid dienone is 2. The van der Waals surface area contributed by atoms with Crippen LogP contribution in [0.4, 0.5) is 0 Å². The van der Waals surface area contributed by atoms with Gasteiger partial charge in [-0.2, -0.15) is 0 Å². The highest BCUT2D eigenvalue weighted by atomic mass is 16.3. The van der Waals surface area contributed by atoms with Gasteiger partial charge in [-0.25, -0.2) is 0 Å². The number of amides is 1. The highest BCUT2D eigenvalue weighted by Crippen LogP contribution is 2.18. The summed E-state index contributed by atoms with van der Waals surface area (Å²) in [5, 5.41) is 43.8. The highest BCUT2D eigenvalue weighted by Gasteiger charge is 2.28. The van der Waals surface area contributed by atoms with Gasteiger partial charge in [-0.05, 0) is 38.5 Å². The molecule has 0 radical (unpaired) electrons. The molecule has 0 spiro atoms. The summed E-state index contributed by atoms with van der Waals surface area (Å²) < 4.78 is 0. The molecule has 1 amide bonds. The zero-order chi connectivity index (χ0) is 44.5. The number of nitrogens with one attached hydrogen (secondary N) is 1. The third-order valence-electron chi connectivity index (χ3n) is 13.2. The molecule has 364 valence electrons. The van der Waals surface area contributed by atoms with Gasteiger partial charge in [0.2, 0.25) is 5.91 Å². The minimum atomic E-state index is -1.28. The summed E-state index contributed by atoms with van der Waals surface area (Å²) >= 11 is 0. The van der Waals surface area contributed by atoms with E-state index in [2.05, 4.69) is 31.3 Å². The number of hydrogen-bond acceptors (Lipinski definition) is 5. The molecule has 0 saturated heterocycles. The van der Waals surface area contributed by atoms with Gasteiger partial charge < -0.3 is 25.7 Å². The van der Waals surface area contributed by atoms with Gasteiger partial charge in [0, 0.05) is 0 Å². The lowest BCUT2D eigenvalue weighted by Crippen LogP contribution is -2.53. The minimum absolute atomic E-state index is 0.369. The first kappa shape index (κ1) is 60.1. The molecule has 0 aromatic rings. The SMILES string of the molecule is CCCCCCCCCCCC/C=C/CCCC(O)C(O)C(CO)NC(=O)C(O)CCCCCCCCCCCCCCCCCCCCCCCCCCCCCCCC. The Bertz CT molecular complexity index is 882. The molecule has 0 saturated carbocycles. The van der Waals surface area contributed by atoms with Crippen molar-refractivity contribution in [3.63, 3.8) is 0 Å². The molecule has 0 rings (SSSR count). The summed E-state index contributed by atoms with van der Waals surface area (Å²) in [5.41, 5.74) is 0. The second-order valence-electron chi connectivity index (χ2n) is 19.3. The van der Waals surface area contributed by atoms with E-state index < -0.39 is 36.9 Å². The standard InChI is InChI=1S/C55H109NO5/c1-3-5-7-9-11-13-15-17-19-20-21-22-23-24-25-26-27-28-29-30-31-32-33-35-37-39-41-43-45-47-49-53(59)55(61)56-51(50-57)54(60)52(58)48-46-44-42-40-38-36-34-18-16-14-12-10-8-6-4-2/h40,42,51-54,57-60H,3-39,41,43-50H2,1-2H3,(H,56,61)/b42-40+. The molecule has 4 atom stereocenters. The quantitative estimate of drug-likeness (QED) is 0.0309. The predicted octanol–water partition coefficient (Wildman–Crippen LogP) is 15.7. The van der Waals surface area contributed by atoms with Crippen LogP contribution in [0.15, 0.2) is 12.2 Å². The first-order chi connectivity index (χ1) is 30.0. The molecule has 0 aliphatic carbocycles. The molecule has 4 unspecified atom stereocenters. The molecule has 5 N–H and O–H groups in total. The van der Waals surface area contributed by atoms with Crippen LogP contribution >= 0.6 is 0 Å². The summed E-state index contributed by atoms with van der Waals surface area (Å²) in [5.74, 6) is -0.587. The van der Waals surface area contributed by atoms with Crippen LogP contribution in [0.3, 0.4) is 0 Å². The van der Waals surface area contributed by atoms with Crippen molar-refractivity contribution in [1.29, 1.82) is 0 Å². The van der Waals surface area contributed by atoms with Crippen molar-refractivity contribution in [1.82, 2.24) is 5.32 Å². The predicted molar refractivity (Wildman–Crippen MR) is 265 cm³/mol. The zero-order valence-electron chi connectivity index (χ0n) is 41.2. The first-order valence-electron chi connectivity index (χ1n) is 27.6. The maximum atomic E-state index is 12.6. The molecule has 0 fully saturated rings. The van der Waals surface area contributed by atoms with Crippen LogP contribution in [0, 0.1) is 0 Å². The Hall–Kier alpha value is -0.950. The van der Waals surface area contributed by atoms with Crippen molar-refractivity contribution in [3.8, 4) is 0 Å². The van der Waals surface area contributed by atoms with Crippen LogP contribution in [0.5, 0.6) is 0 Å². The van der Waals surface area contributed by atoms with Gasteiger partial charge in [-0.3, -0.25) is 4.79 Å². The summed E-state index contributed by atoms with van der Waals surface area (Å²) in [6, 6.07) is -0.998. The molecule has 61 heavy (non-hydrogen) atoms. The molecule has 0 aliphatic rings. The van der Waals surface area contributed by atoms with Gasteiger partial charge in [0.25, 0.3) is 0 Å². The number of hydrogen-bond donors (Lipinski definition) is 5. The van der Waals surface area contributed by atoms with Crippen LogP contribution < -0.4 is 5.32 Å². The van der Waals surface area contributed by atoms with Crippen molar-refractivity contribution in [2.45, 2.75) is 327 Å². The van der Waals surface area contributed by atoms with Crippen LogP contribution in [0.2, 0.25) is 0 Å². The number of aliphatic hydroxyl groups is 4. The summed E-state index contributed by atoms with van der Waals surface area (Å²) in [7, 11) is 0. The Balaban J connectivity index is 3.57. The van der Waals surface area contributed by atoms with Crippen LogP contribution in [0.1, 0.15) is 303 Å². The maximum Gasteiger partial charge on any atom is 0.249 e. The second kappa shape index (κ2) is 50.1. The topological polar surface area (TPSA) is 110 Å². The Labute approximate surface area is 381 Å². The average molecular weight is 864 g/mol. The molecular formula is C55H109NO5. The molecule has 0 aromatic carbocycles. The average Bonchev–Trinajstić information content (AvgIpc) is 3.26. The van der Waals surface area contributed by atoms with E-state index in [9.17, 15) is 25.2 Å². The Morgan fingerprint density at radius 1 is 0.393 bits per heavy atom. The monoisotopic (exact) mass is 864 g/mol. The van der Waals surface area contributed by atoms with Crippen molar-refractivity contribution in [2.75, 3.05) is 6.61 Å². The molecule has 0 bridgehead atoms. The van der Waals surface area contributed by atoms with E-state index in [4.69, 9.17) is 0 Å². The summed E-state index contributed by atoms with van der Waals surface area (Å²) in [6.45, 7) is 4.07. The van der Waals surface area contributed by atoms with Crippen molar-refractivity contribution >= 4 is 5.91 Å². The molecule has 6 nitrogen and oxygen atoms in total. The van der Waals surface area contributed by atoms with Crippen molar-refractivity contribution < 1.29 is 25.2 Å². The summed E-state index contributed by atoms with van der Waals surface area (Å²) in [4.78, 5) is 12.6. The van der Waals surface area contributed by atoms with Crippen LogP contribution in [0.25, 0.3) is 0 Å². The van der Waals surface area contributed by atoms with Gasteiger partial charge >= 0.3 is 0 Å². The first-order valence-corrected chi connectivity index (χ1v) is 27.6. The largest absolute Gasteiger partial charge is 0.394 e. The van der Waals surface area contributed by atoms with E-state index in [1.54, 1.807) is 0 Å². The third-order valence-corrected chi connectivity index (χ3v) is 13.2. The fourth-order valence-electron chi connectivity index (χ4n) is 8.88. The Morgan fingerprint density at radius 3 is 0.984 bits per heavy atom. The van der Waals surface area contributed by atoms with E-state index >= 15 is 0 Å². The van der Waals surface area contributed by atoms with Gasteiger partial charge in [0.05, 0.1) is 18.8 Å². The molecule has 0 heterocycles. The van der Waals surface area contributed by atoms with Crippen LogP contribution in [-0.4, -0.2) is 57.3 Å². The van der Waals surface area contributed by atoms with Gasteiger partial charge in [-0.1, -0.05) is 276 Å². The molecular weight excluding hydrogens is 755 g/mol. The molecule has 0 aromatic heterocycles. The maximum absolute atomic E-state index is 12.6. The fraction of sp³-hybridized carbons (Fsp3) is 0.945. The van der Waals surface area contributed by atoms with Crippen LogP contribution in [-0.2, 0) is 4.79 Å². The van der Waals surface area contributed by atoms with Gasteiger partial charge in [-0.15, -0.1) is 0 Å². The van der Waals surface area contributed by atoms with E-state index in [1.165, 1.54) is 238 Å². The van der Waals surface area contributed by atoms with Crippen molar-refractivity contribution in [2.24, 2.45) is 0 Å². The smallest absolute Gasteiger partial charge is 0.249 e. The van der Waals surface area contributed by atoms with E-state index in [0.717, 1.165) is 38.5 Å². The number of carbonyl (C=O) groups excluding carboxylic acids is 1. The summed E-state index contributed by atoms with van der Waals surface area (Å²) in [6.07, 6.45) is 58.6. The normalized spacial score (nSPS) is 13.9. The number of unbranched alkanes of at least 4 members (excludes halogenated alkanes) is 40.